The van der Waals surface area contributed by atoms with Gasteiger partial charge in [0.1, 0.15) is 0 Å². The van der Waals surface area contributed by atoms with Gasteiger partial charge in [-0.25, -0.2) is 0 Å². The van der Waals surface area contributed by atoms with Gasteiger partial charge in [0.2, 0.25) is 11.8 Å². The molecule has 4 nitrogen and oxygen atoms in total. The van der Waals surface area contributed by atoms with Gasteiger partial charge in [-0.3, -0.25) is 9.59 Å². The second kappa shape index (κ2) is 7.49. The Bertz CT molecular complexity index is 733. The van der Waals surface area contributed by atoms with E-state index in [1.807, 2.05) is 42.5 Å². The van der Waals surface area contributed by atoms with Crippen molar-refractivity contribution in [3.8, 4) is 0 Å². The lowest BCUT2D eigenvalue weighted by atomic mass is 10.1. The molecule has 2 aromatic carbocycles. The molecule has 0 unspecified atom stereocenters. The monoisotopic (exact) mass is 342 g/mol. The van der Waals surface area contributed by atoms with E-state index in [0.717, 1.165) is 6.42 Å². The van der Waals surface area contributed by atoms with Gasteiger partial charge in [0.15, 0.2) is 0 Å². The highest BCUT2D eigenvalue weighted by atomic mass is 35.5. The minimum absolute atomic E-state index is 0.0326. The van der Waals surface area contributed by atoms with Gasteiger partial charge < -0.3 is 10.2 Å². The van der Waals surface area contributed by atoms with Crippen LogP contribution >= 0.6 is 11.6 Å². The summed E-state index contributed by atoms with van der Waals surface area (Å²) in [6.07, 6.45) is 1.05. The van der Waals surface area contributed by atoms with Crippen LogP contribution in [-0.2, 0) is 16.0 Å². The van der Waals surface area contributed by atoms with Gasteiger partial charge in [0, 0.05) is 19.5 Å². The van der Waals surface area contributed by atoms with Gasteiger partial charge in [0.25, 0.3) is 0 Å². The van der Waals surface area contributed by atoms with Crippen molar-refractivity contribution in [2.45, 2.75) is 12.8 Å². The predicted molar refractivity (Wildman–Crippen MR) is 94.9 cm³/mol. The molecular formula is C19H19ClN2O2. The van der Waals surface area contributed by atoms with Gasteiger partial charge in [-0.2, -0.15) is 0 Å². The number of benzene rings is 2. The fourth-order valence-electron chi connectivity index (χ4n) is 2.87. The standard InChI is InChI=1S/C19H19ClN2O2/c20-16-8-4-5-9-17(16)21-19(24)15-12-18(23)22(13-15)11-10-14-6-2-1-3-7-14/h1-9,15H,10-13H2,(H,21,24)/t15-/m0/s1. The lowest BCUT2D eigenvalue weighted by molar-refractivity contribution is -0.128. The molecule has 0 bridgehead atoms. The van der Waals surface area contributed by atoms with E-state index in [1.165, 1.54) is 5.56 Å². The Balaban J connectivity index is 1.56. The zero-order valence-electron chi connectivity index (χ0n) is 13.2. The van der Waals surface area contributed by atoms with E-state index in [-0.39, 0.29) is 24.2 Å². The second-order valence-corrected chi connectivity index (χ2v) is 6.35. The Hall–Kier alpha value is -2.33. The Labute approximate surface area is 146 Å². The van der Waals surface area contributed by atoms with Crippen molar-refractivity contribution in [1.29, 1.82) is 0 Å². The zero-order valence-corrected chi connectivity index (χ0v) is 14.0. The molecule has 124 valence electrons. The SMILES string of the molecule is O=C(Nc1ccccc1Cl)[C@H]1CC(=O)N(CCc2ccccc2)C1. The number of amides is 2. The predicted octanol–water partition coefficient (Wildman–Crippen LogP) is 3.37. The third-order valence-corrected chi connectivity index (χ3v) is 4.56. The van der Waals surface area contributed by atoms with Gasteiger partial charge in [-0.05, 0) is 24.1 Å². The number of anilines is 1. The van der Waals surface area contributed by atoms with Crippen molar-refractivity contribution in [2.75, 3.05) is 18.4 Å². The average molecular weight is 343 g/mol. The summed E-state index contributed by atoms with van der Waals surface area (Å²) in [6, 6.07) is 17.1. The summed E-state index contributed by atoms with van der Waals surface area (Å²) in [5.74, 6) is -0.451. The number of nitrogens with zero attached hydrogens (tertiary/aromatic N) is 1. The fourth-order valence-corrected chi connectivity index (χ4v) is 3.05. The Morgan fingerprint density at radius 3 is 2.58 bits per heavy atom. The highest BCUT2D eigenvalue weighted by Crippen LogP contribution is 2.24. The van der Waals surface area contributed by atoms with Crippen molar-refractivity contribution < 1.29 is 9.59 Å². The lowest BCUT2D eigenvalue weighted by Gasteiger charge is -2.16. The van der Waals surface area contributed by atoms with E-state index < -0.39 is 0 Å². The van der Waals surface area contributed by atoms with Gasteiger partial charge >= 0.3 is 0 Å². The van der Waals surface area contributed by atoms with E-state index in [9.17, 15) is 9.59 Å². The average Bonchev–Trinajstić information content (AvgIpc) is 2.97. The number of halogens is 1. The molecule has 0 aliphatic carbocycles. The van der Waals surface area contributed by atoms with Crippen molar-refractivity contribution in [3.05, 3.63) is 65.2 Å². The minimum Gasteiger partial charge on any atom is -0.342 e. The summed E-state index contributed by atoms with van der Waals surface area (Å²) in [5, 5.41) is 3.31. The third-order valence-electron chi connectivity index (χ3n) is 4.23. The zero-order chi connectivity index (χ0) is 16.9. The van der Waals surface area contributed by atoms with Crippen molar-refractivity contribution in [2.24, 2.45) is 5.92 Å². The van der Waals surface area contributed by atoms with Crippen LogP contribution in [0, 0.1) is 5.92 Å². The smallest absolute Gasteiger partial charge is 0.229 e. The maximum Gasteiger partial charge on any atom is 0.229 e. The Morgan fingerprint density at radius 2 is 1.83 bits per heavy atom. The van der Waals surface area contributed by atoms with Crippen molar-refractivity contribution in [1.82, 2.24) is 4.90 Å². The summed E-state index contributed by atoms with van der Waals surface area (Å²) in [6.45, 7) is 1.10. The van der Waals surface area contributed by atoms with Gasteiger partial charge in [-0.15, -0.1) is 0 Å². The first-order valence-corrected chi connectivity index (χ1v) is 8.38. The normalized spacial score (nSPS) is 17.1. The maximum absolute atomic E-state index is 12.4. The molecule has 1 saturated heterocycles. The van der Waals surface area contributed by atoms with Crippen LogP contribution in [-0.4, -0.2) is 29.8 Å². The number of nitrogens with one attached hydrogen (secondary N) is 1. The maximum atomic E-state index is 12.4. The third kappa shape index (κ3) is 3.95. The highest BCUT2D eigenvalue weighted by Gasteiger charge is 2.34. The topological polar surface area (TPSA) is 49.4 Å². The van der Waals surface area contributed by atoms with Crippen LogP contribution in [0.5, 0.6) is 0 Å². The summed E-state index contributed by atoms with van der Waals surface area (Å²) >= 11 is 6.06. The van der Waals surface area contributed by atoms with Crippen LogP contribution in [0.25, 0.3) is 0 Å². The second-order valence-electron chi connectivity index (χ2n) is 5.95. The highest BCUT2D eigenvalue weighted by molar-refractivity contribution is 6.33. The molecule has 0 saturated carbocycles. The molecule has 2 amide bonds. The molecule has 1 fully saturated rings. The van der Waals surface area contributed by atoms with E-state index in [2.05, 4.69) is 5.32 Å². The number of likely N-dealkylation sites (tertiary alicyclic amines) is 1. The molecule has 0 radical (unpaired) electrons. The molecule has 24 heavy (non-hydrogen) atoms. The largest absolute Gasteiger partial charge is 0.342 e. The Kier molecular flexibility index (Phi) is 5.16. The molecule has 1 atom stereocenters. The fraction of sp³-hybridized carbons (Fsp3) is 0.263. The first-order valence-electron chi connectivity index (χ1n) is 8.00. The molecule has 1 N–H and O–H groups in total. The number of carbonyl (C=O) groups is 2. The summed E-state index contributed by atoms with van der Waals surface area (Å²) < 4.78 is 0. The molecular weight excluding hydrogens is 324 g/mol. The van der Waals surface area contributed by atoms with E-state index >= 15 is 0 Å². The van der Waals surface area contributed by atoms with Gasteiger partial charge in [0.05, 0.1) is 16.6 Å². The van der Waals surface area contributed by atoms with Crippen LogP contribution in [0.15, 0.2) is 54.6 Å². The lowest BCUT2D eigenvalue weighted by Crippen LogP contribution is -2.30. The van der Waals surface area contributed by atoms with Crippen LogP contribution in [0.4, 0.5) is 5.69 Å². The van der Waals surface area contributed by atoms with Gasteiger partial charge in [-0.1, -0.05) is 54.1 Å². The first kappa shape index (κ1) is 16.5. The summed E-state index contributed by atoms with van der Waals surface area (Å²) in [4.78, 5) is 26.3. The molecule has 0 aromatic heterocycles. The molecule has 1 aliphatic heterocycles. The number of hydrogen-bond acceptors (Lipinski definition) is 2. The molecule has 1 aliphatic rings. The number of para-hydroxylation sites is 1. The molecule has 3 rings (SSSR count). The van der Waals surface area contributed by atoms with Crippen LogP contribution in [0.2, 0.25) is 5.02 Å². The summed E-state index contributed by atoms with van der Waals surface area (Å²) in [5.41, 5.74) is 1.77. The number of rotatable bonds is 5. The quantitative estimate of drug-likeness (QED) is 0.905. The van der Waals surface area contributed by atoms with E-state index in [1.54, 1.807) is 17.0 Å². The molecule has 1 heterocycles. The van der Waals surface area contributed by atoms with Crippen LogP contribution in [0.3, 0.4) is 0 Å². The summed E-state index contributed by atoms with van der Waals surface area (Å²) in [7, 11) is 0. The van der Waals surface area contributed by atoms with Crippen molar-refractivity contribution in [3.63, 3.8) is 0 Å². The first-order chi connectivity index (χ1) is 11.6. The van der Waals surface area contributed by atoms with Crippen molar-refractivity contribution >= 4 is 29.1 Å². The number of hydrogen-bond donors (Lipinski definition) is 1. The Morgan fingerprint density at radius 1 is 1.12 bits per heavy atom. The number of carbonyl (C=O) groups excluding carboxylic acids is 2. The van der Waals surface area contributed by atoms with E-state index in [4.69, 9.17) is 11.6 Å². The molecule has 2 aromatic rings. The van der Waals surface area contributed by atoms with Crippen LogP contribution < -0.4 is 5.32 Å². The molecule has 5 heteroatoms. The minimum atomic E-state index is -0.329. The molecule has 0 spiro atoms. The van der Waals surface area contributed by atoms with Crippen LogP contribution in [0.1, 0.15) is 12.0 Å². The van der Waals surface area contributed by atoms with E-state index in [0.29, 0.717) is 23.8 Å².